The van der Waals surface area contributed by atoms with Gasteiger partial charge in [0.25, 0.3) is 0 Å². The standard InChI is InChI=1S/C25H36ClNO4/c1-25(2,3)21-14-19(26)9-12-22(21)31-15-16-5-6-18(13-16)23(28)27-20-10-7-17(8-11-20)24(29)30-4/h9,12,14,16-18,20H,5-8,10-11,13,15H2,1-4H3,(H,27,28). The van der Waals surface area contributed by atoms with Crippen molar-refractivity contribution in [2.45, 2.75) is 77.2 Å². The van der Waals surface area contributed by atoms with Gasteiger partial charge in [-0.05, 0) is 74.5 Å². The van der Waals surface area contributed by atoms with Crippen molar-refractivity contribution in [2.24, 2.45) is 17.8 Å². The fourth-order valence-electron chi connectivity index (χ4n) is 4.85. The maximum Gasteiger partial charge on any atom is 0.308 e. The molecule has 0 saturated heterocycles. The van der Waals surface area contributed by atoms with Crippen LogP contribution < -0.4 is 10.1 Å². The summed E-state index contributed by atoms with van der Waals surface area (Å²) in [7, 11) is 1.44. The SMILES string of the molecule is COC(=O)C1CCC(NC(=O)C2CCC(COc3ccc(Cl)cc3C(C)(C)C)C2)CC1. The molecule has 0 aliphatic heterocycles. The first-order valence-electron chi connectivity index (χ1n) is 11.5. The molecule has 0 heterocycles. The van der Waals surface area contributed by atoms with Gasteiger partial charge in [-0.25, -0.2) is 0 Å². The second-order valence-electron chi connectivity index (χ2n) is 10.2. The maximum atomic E-state index is 12.8. The summed E-state index contributed by atoms with van der Waals surface area (Å²) in [6.45, 7) is 7.08. The zero-order valence-electron chi connectivity index (χ0n) is 19.2. The van der Waals surface area contributed by atoms with Crippen LogP contribution in [-0.4, -0.2) is 31.6 Å². The van der Waals surface area contributed by atoms with E-state index in [1.165, 1.54) is 7.11 Å². The van der Waals surface area contributed by atoms with Gasteiger partial charge in [0.2, 0.25) is 5.91 Å². The molecule has 31 heavy (non-hydrogen) atoms. The minimum absolute atomic E-state index is 0.0166. The van der Waals surface area contributed by atoms with E-state index in [-0.39, 0.29) is 35.2 Å². The van der Waals surface area contributed by atoms with Crippen LogP contribution in [0.3, 0.4) is 0 Å². The third kappa shape index (κ3) is 6.38. The normalized spacial score (nSPS) is 26.4. The van der Waals surface area contributed by atoms with Gasteiger partial charge in [-0.15, -0.1) is 0 Å². The van der Waals surface area contributed by atoms with Crippen molar-refractivity contribution in [3.8, 4) is 5.75 Å². The molecule has 2 atom stereocenters. The Morgan fingerprint density at radius 1 is 1.06 bits per heavy atom. The van der Waals surface area contributed by atoms with Crippen LogP contribution in [0.1, 0.15) is 71.3 Å². The number of carbonyl (C=O) groups excluding carboxylic acids is 2. The topological polar surface area (TPSA) is 64.6 Å². The average molecular weight is 450 g/mol. The van der Waals surface area contributed by atoms with Crippen molar-refractivity contribution in [1.29, 1.82) is 0 Å². The van der Waals surface area contributed by atoms with Crippen LogP contribution in [0.15, 0.2) is 18.2 Å². The largest absolute Gasteiger partial charge is 0.493 e. The molecule has 5 nitrogen and oxygen atoms in total. The van der Waals surface area contributed by atoms with Crippen molar-refractivity contribution >= 4 is 23.5 Å². The van der Waals surface area contributed by atoms with Gasteiger partial charge in [0.15, 0.2) is 0 Å². The predicted molar refractivity (Wildman–Crippen MR) is 122 cm³/mol. The molecule has 0 radical (unpaired) electrons. The molecule has 0 aromatic heterocycles. The van der Waals surface area contributed by atoms with E-state index in [1.54, 1.807) is 0 Å². The van der Waals surface area contributed by atoms with Crippen LogP contribution in [0.4, 0.5) is 0 Å². The lowest BCUT2D eigenvalue weighted by Gasteiger charge is -2.28. The number of carbonyl (C=O) groups is 2. The Morgan fingerprint density at radius 3 is 2.39 bits per heavy atom. The first-order valence-corrected chi connectivity index (χ1v) is 11.9. The molecule has 1 N–H and O–H groups in total. The van der Waals surface area contributed by atoms with Crippen molar-refractivity contribution in [3.63, 3.8) is 0 Å². The zero-order valence-corrected chi connectivity index (χ0v) is 20.0. The second-order valence-corrected chi connectivity index (χ2v) is 10.6. The molecule has 2 fully saturated rings. The van der Waals surface area contributed by atoms with Gasteiger partial charge in [0.05, 0.1) is 19.6 Å². The average Bonchev–Trinajstić information content (AvgIpc) is 3.21. The summed E-state index contributed by atoms with van der Waals surface area (Å²) in [5.41, 5.74) is 1.06. The van der Waals surface area contributed by atoms with E-state index < -0.39 is 0 Å². The van der Waals surface area contributed by atoms with Crippen LogP contribution in [-0.2, 0) is 19.7 Å². The van der Waals surface area contributed by atoms with Crippen molar-refractivity contribution in [2.75, 3.05) is 13.7 Å². The number of hydrogen-bond acceptors (Lipinski definition) is 4. The molecule has 2 saturated carbocycles. The Hall–Kier alpha value is -1.75. The number of ether oxygens (including phenoxy) is 2. The molecule has 1 aromatic rings. The first kappa shape index (κ1) is 23.9. The lowest BCUT2D eigenvalue weighted by Crippen LogP contribution is -2.41. The third-order valence-corrected chi connectivity index (χ3v) is 6.98. The fraction of sp³-hybridized carbons (Fsp3) is 0.680. The van der Waals surface area contributed by atoms with Crippen LogP contribution >= 0.6 is 11.6 Å². The fourth-order valence-corrected chi connectivity index (χ4v) is 5.02. The van der Waals surface area contributed by atoms with Gasteiger partial charge in [0.1, 0.15) is 5.75 Å². The van der Waals surface area contributed by atoms with Crippen molar-refractivity contribution in [3.05, 3.63) is 28.8 Å². The number of amides is 1. The van der Waals surface area contributed by atoms with Crippen molar-refractivity contribution < 1.29 is 19.1 Å². The number of methoxy groups -OCH3 is 1. The summed E-state index contributed by atoms with van der Waals surface area (Å²) >= 11 is 6.19. The lowest BCUT2D eigenvalue weighted by molar-refractivity contribution is -0.146. The highest BCUT2D eigenvalue weighted by atomic mass is 35.5. The Bertz CT molecular complexity index is 780. The number of halogens is 1. The number of hydrogen-bond donors (Lipinski definition) is 1. The summed E-state index contributed by atoms with van der Waals surface area (Å²) in [6, 6.07) is 5.97. The molecule has 1 aromatic carbocycles. The molecule has 2 aliphatic carbocycles. The number of rotatable bonds is 6. The van der Waals surface area contributed by atoms with E-state index in [2.05, 4.69) is 26.1 Å². The van der Waals surface area contributed by atoms with E-state index in [1.807, 2.05) is 18.2 Å². The molecule has 172 valence electrons. The third-order valence-electron chi connectivity index (χ3n) is 6.74. The van der Waals surface area contributed by atoms with Gasteiger partial charge in [-0.3, -0.25) is 9.59 Å². The quantitative estimate of drug-likeness (QED) is 0.600. The molecule has 2 unspecified atom stereocenters. The Labute approximate surface area is 191 Å². The molecule has 6 heteroatoms. The molecule has 0 spiro atoms. The lowest BCUT2D eigenvalue weighted by atomic mass is 9.86. The van der Waals surface area contributed by atoms with E-state index >= 15 is 0 Å². The summed E-state index contributed by atoms with van der Waals surface area (Å²) in [5, 5.41) is 3.94. The van der Waals surface area contributed by atoms with Crippen LogP contribution in [0.25, 0.3) is 0 Å². The van der Waals surface area contributed by atoms with E-state index in [0.29, 0.717) is 12.5 Å². The molecule has 0 bridgehead atoms. The van der Waals surface area contributed by atoms with Gasteiger partial charge in [0, 0.05) is 22.5 Å². The minimum atomic E-state index is -0.126. The van der Waals surface area contributed by atoms with E-state index in [4.69, 9.17) is 21.1 Å². The second kappa shape index (κ2) is 10.2. The number of benzene rings is 1. The Morgan fingerprint density at radius 2 is 1.74 bits per heavy atom. The van der Waals surface area contributed by atoms with Crippen LogP contribution in [0, 0.1) is 17.8 Å². The monoisotopic (exact) mass is 449 g/mol. The highest BCUT2D eigenvalue weighted by molar-refractivity contribution is 6.30. The predicted octanol–water partition coefficient (Wildman–Crippen LogP) is 5.28. The summed E-state index contributed by atoms with van der Waals surface area (Å²) in [6.07, 6.45) is 6.04. The maximum absolute atomic E-state index is 12.8. The highest BCUT2D eigenvalue weighted by Crippen LogP contribution is 2.36. The molecular formula is C25H36ClNO4. The van der Waals surface area contributed by atoms with Crippen molar-refractivity contribution in [1.82, 2.24) is 5.32 Å². The highest BCUT2D eigenvalue weighted by Gasteiger charge is 2.33. The van der Waals surface area contributed by atoms with Gasteiger partial charge in [-0.1, -0.05) is 32.4 Å². The smallest absolute Gasteiger partial charge is 0.308 e. The van der Waals surface area contributed by atoms with Gasteiger partial charge >= 0.3 is 5.97 Å². The summed E-state index contributed by atoms with van der Waals surface area (Å²) in [5.74, 6) is 1.34. The van der Waals surface area contributed by atoms with Gasteiger partial charge in [-0.2, -0.15) is 0 Å². The first-order chi connectivity index (χ1) is 14.7. The van der Waals surface area contributed by atoms with Crippen LogP contribution in [0.2, 0.25) is 5.02 Å². The Kier molecular flexibility index (Phi) is 7.90. The molecule has 2 aliphatic rings. The molecular weight excluding hydrogens is 414 g/mol. The molecule has 1 amide bonds. The summed E-state index contributed by atoms with van der Waals surface area (Å²) in [4.78, 5) is 24.4. The Balaban J connectivity index is 1.46. The number of esters is 1. The van der Waals surface area contributed by atoms with E-state index in [0.717, 1.165) is 61.3 Å². The molecule has 3 rings (SSSR count). The zero-order chi connectivity index (χ0) is 22.6. The number of nitrogens with one attached hydrogen (secondary N) is 1. The summed E-state index contributed by atoms with van der Waals surface area (Å²) < 4.78 is 11.0. The minimum Gasteiger partial charge on any atom is -0.493 e. The van der Waals surface area contributed by atoms with Gasteiger partial charge < -0.3 is 14.8 Å². The van der Waals surface area contributed by atoms with Crippen LogP contribution in [0.5, 0.6) is 5.75 Å². The van der Waals surface area contributed by atoms with E-state index in [9.17, 15) is 9.59 Å².